The SMILES string of the molecule is CCC1(N)CCCNC1=O. The van der Waals surface area contributed by atoms with Crippen LogP contribution >= 0.6 is 0 Å². The van der Waals surface area contributed by atoms with Crippen LogP contribution in [-0.2, 0) is 4.79 Å². The molecule has 1 aliphatic rings. The van der Waals surface area contributed by atoms with Crippen molar-refractivity contribution in [3.63, 3.8) is 0 Å². The predicted molar refractivity (Wildman–Crippen MR) is 39.5 cm³/mol. The summed E-state index contributed by atoms with van der Waals surface area (Å²) >= 11 is 0. The van der Waals surface area contributed by atoms with Gasteiger partial charge in [0.15, 0.2) is 0 Å². The van der Waals surface area contributed by atoms with Crippen molar-refractivity contribution in [2.45, 2.75) is 31.7 Å². The largest absolute Gasteiger partial charge is 0.355 e. The molecule has 58 valence electrons. The third kappa shape index (κ3) is 1.14. The second-order valence-electron chi connectivity index (χ2n) is 2.87. The van der Waals surface area contributed by atoms with Crippen LogP contribution in [0, 0.1) is 0 Å². The van der Waals surface area contributed by atoms with E-state index in [0.717, 1.165) is 25.8 Å². The molecule has 1 saturated heterocycles. The molecule has 3 N–H and O–H groups in total. The Morgan fingerprint density at radius 2 is 2.50 bits per heavy atom. The lowest BCUT2D eigenvalue weighted by Gasteiger charge is -2.30. The van der Waals surface area contributed by atoms with E-state index in [-0.39, 0.29) is 5.91 Å². The smallest absolute Gasteiger partial charge is 0.240 e. The molecule has 3 heteroatoms. The highest BCUT2D eigenvalue weighted by Crippen LogP contribution is 2.17. The maximum Gasteiger partial charge on any atom is 0.240 e. The predicted octanol–water partition coefficient (Wildman–Crippen LogP) is 0.00390. The van der Waals surface area contributed by atoms with Gasteiger partial charge >= 0.3 is 0 Å². The minimum Gasteiger partial charge on any atom is -0.355 e. The van der Waals surface area contributed by atoms with Crippen LogP contribution in [0.2, 0.25) is 0 Å². The molecule has 0 spiro atoms. The highest BCUT2D eigenvalue weighted by Gasteiger charge is 2.33. The summed E-state index contributed by atoms with van der Waals surface area (Å²) in [5, 5.41) is 2.76. The van der Waals surface area contributed by atoms with Gasteiger partial charge in [0.1, 0.15) is 0 Å². The molecule has 1 heterocycles. The average molecular weight is 142 g/mol. The summed E-state index contributed by atoms with van der Waals surface area (Å²) in [6.45, 7) is 2.74. The standard InChI is InChI=1S/C7H14N2O/c1-2-7(8)4-3-5-9-6(7)10/h2-5,8H2,1H3,(H,9,10). The van der Waals surface area contributed by atoms with E-state index in [1.165, 1.54) is 0 Å². The summed E-state index contributed by atoms with van der Waals surface area (Å²) in [6.07, 6.45) is 2.57. The lowest BCUT2D eigenvalue weighted by molar-refractivity contribution is -0.128. The van der Waals surface area contributed by atoms with Crippen molar-refractivity contribution in [2.24, 2.45) is 5.73 Å². The van der Waals surface area contributed by atoms with Crippen molar-refractivity contribution in [3.8, 4) is 0 Å². The zero-order valence-corrected chi connectivity index (χ0v) is 6.31. The summed E-state index contributed by atoms with van der Waals surface area (Å²) in [5.74, 6) is 0.0150. The number of piperidine rings is 1. The molecule has 1 fully saturated rings. The summed E-state index contributed by atoms with van der Waals surface area (Å²) in [7, 11) is 0. The fourth-order valence-electron chi connectivity index (χ4n) is 1.23. The monoisotopic (exact) mass is 142 g/mol. The van der Waals surface area contributed by atoms with Crippen LogP contribution in [0.1, 0.15) is 26.2 Å². The summed E-state index contributed by atoms with van der Waals surface area (Å²) in [6, 6.07) is 0. The van der Waals surface area contributed by atoms with Gasteiger partial charge in [-0.15, -0.1) is 0 Å². The molecule has 1 atom stereocenters. The molecule has 0 radical (unpaired) electrons. The van der Waals surface area contributed by atoms with E-state index >= 15 is 0 Å². The summed E-state index contributed by atoms with van der Waals surface area (Å²) < 4.78 is 0. The van der Waals surface area contributed by atoms with Gasteiger partial charge in [0.25, 0.3) is 0 Å². The van der Waals surface area contributed by atoms with Crippen LogP contribution in [0.15, 0.2) is 0 Å². The second-order valence-corrected chi connectivity index (χ2v) is 2.87. The molecule has 0 aromatic carbocycles. The number of hydrogen-bond acceptors (Lipinski definition) is 2. The molecule has 0 saturated carbocycles. The van der Waals surface area contributed by atoms with Crippen molar-refractivity contribution >= 4 is 5.91 Å². The Hall–Kier alpha value is -0.570. The van der Waals surface area contributed by atoms with E-state index in [0.29, 0.717) is 0 Å². The molecule has 1 aliphatic heterocycles. The molecule has 0 aromatic heterocycles. The highest BCUT2D eigenvalue weighted by molar-refractivity contribution is 5.86. The minimum atomic E-state index is -0.571. The Bertz CT molecular complexity index is 147. The van der Waals surface area contributed by atoms with Gasteiger partial charge in [0, 0.05) is 6.54 Å². The van der Waals surface area contributed by atoms with E-state index in [1.54, 1.807) is 0 Å². The van der Waals surface area contributed by atoms with Gasteiger partial charge in [0.2, 0.25) is 5.91 Å². The normalized spacial score (nSPS) is 33.6. The second kappa shape index (κ2) is 2.58. The van der Waals surface area contributed by atoms with Crippen LogP contribution in [0.25, 0.3) is 0 Å². The first-order valence-corrected chi connectivity index (χ1v) is 3.76. The van der Waals surface area contributed by atoms with Crippen molar-refractivity contribution in [1.29, 1.82) is 0 Å². The molecule has 0 aliphatic carbocycles. The average Bonchev–Trinajstić information content (AvgIpc) is 1.96. The topological polar surface area (TPSA) is 55.1 Å². The number of carbonyl (C=O) groups is 1. The molecule has 3 nitrogen and oxygen atoms in total. The van der Waals surface area contributed by atoms with E-state index in [2.05, 4.69) is 5.32 Å². The molecule has 0 aromatic rings. The van der Waals surface area contributed by atoms with Crippen molar-refractivity contribution in [2.75, 3.05) is 6.54 Å². The van der Waals surface area contributed by atoms with Crippen molar-refractivity contribution < 1.29 is 4.79 Å². The number of amides is 1. The molecule has 1 unspecified atom stereocenters. The summed E-state index contributed by atoms with van der Waals surface area (Å²) in [5.41, 5.74) is 5.22. The number of nitrogens with two attached hydrogens (primary N) is 1. The number of rotatable bonds is 1. The van der Waals surface area contributed by atoms with Gasteiger partial charge in [-0.3, -0.25) is 4.79 Å². The number of carbonyl (C=O) groups excluding carboxylic acids is 1. The van der Waals surface area contributed by atoms with E-state index in [1.807, 2.05) is 6.92 Å². The Labute approximate surface area is 61.0 Å². The van der Waals surface area contributed by atoms with Gasteiger partial charge in [0.05, 0.1) is 5.54 Å². The van der Waals surface area contributed by atoms with Gasteiger partial charge in [-0.25, -0.2) is 0 Å². The van der Waals surface area contributed by atoms with Crippen LogP contribution in [0.3, 0.4) is 0 Å². The molecular formula is C7H14N2O. The first-order valence-electron chi connectivity index (χ1n) is 3.76. The van der Waals surface area contributed by atoms with Crippen molar-refractivity contribution in [3.05, 3.63) is 0 Å². The third-order valence-electron chi connectivity index (χ3n) is 2.17. The highest BCUT2D eigenvalue weighted by atomic mass is 16.2. The van der Waals surface area contributed by atoms with E-state index in [4.69, 9.17) is 5.73 Å². The number of nitrogens with one attached hydrogen (secondary N) is 1. The van der Waals surface area contributed by atoms with E-state index in [9.17, 15) is 4.79 Å². The van der Waals surface area contributed by atoms with Crippen LogP contribution in [-0.4, -0.2) is 18.0 Å². The fourth-order valence-corrected chi connectivity index (χ4v) is 1.23. The van der Waals surface area contributed by atoms with Crippen LogP contribution in [0.4, 0.5) is 0 Å². The maximum absolute atomic E-state index is 11.1. The Morgan fingerprint density at radius 1 is 1.80 bits per heavy atom. The van der Waals surface area contributed by atoms with Gasteiger partial charge in [-0.2, -0.15) is 0 Å². The molecule has 1 amide bonds. The van der Waals surface area contributed by atoms with Crippen LogP contribution in [0.5, 0.6) is 0 Å². The number of hydrogen-bond donors (Lipinski definition) is 2. The molecule has 1 rings (SSSR count). The Kier molecular flexibility index (Phi) is 1.94. The lowest BCUT2D eigenvalue weighted by atomic mass is 9.88. The maximum atomic E-state index is 11.1. The van der Waals surface area contributed by atoms with Gasteiger partial charge < -0.3 is 11.1 Å². The third-order valence-corrected chi connectivity index (χ3v) is 2.17. The zero-order valence-electron chi connectivity index (χ0n) is 6.31. The first-order chi connectivity index (χ1) is 4.69. The van der Waals surface area contributed by atoms with Gasteiger partial charge in [-0.05, 0) is 19.3 Å². The summed E-state index contributed by atoms with van der Waals surface area (Å²) in [4.78, 5) is 11.1. The molecule has 10 heavy (non-hydrogen) atoms. The lowest BCUT2D eigenvalue weighted by Crippen LogP contribution is -2.57. The van der Waals surface area contributed by atoms with Crippen molar-refractivity contribution in [1.82, 2.24) is 5.32 Å². The fraction of sp³-hybridized carbons (Fsp3) is 0.857. The Balaban J connectivity index is 2.63. The van der Waals surface area contributed by atoms with Crippen LogP contribution < -0.4 is 11.1 Å². The zero-order chi connectivity index (χ0) is 7.61. The minimum absolute atomic E-state index is 0.0150. The van der Waals surface area contributed by atoms with E-state index < -0.39 is 5.54 Å². The first kappa shape index (κ1) is 7.54. The molecular weight excluding hydrogens is 128 g/mol. The van der Waals surface area contributed by atoms with Gasteiger partial charge in [-0.1, -0.05) is 6.92 Å². The Morgan fingerprint density at radius 3 is 2.90 bits per heavy atom. The molecule has 0 bridgehead atoms. The quantitative estimate of drug-likeness (QED) is 0.541.